The fourth-order valence-corrected chi connectivity index (χ4v) is 3.92. The van der Waals surface area contributed by atoms with E-state index in [4.69, 9.17) is 16.3 Å². The zero-order chi connectivity index (χ0) is 26.0. The number of hydrogen-bond donors (Lipinski definition) is 3. The molecule has 9 nitrogen and oxygen atoms in total. The molecule has 4 rings (SSSR count). The van der Waals surface area contributed by atoms with Gasteiger partial charge >= 0.3 is 0 Å². The number of Topliss-reactive ketones (excluding diaryl/α,β-unsaturated/α-hetero) is 1. The largest absolute Gasteiger partial charge is 0.488 e. The highest BCUT2D eigenvalue weighted by Gasteiger charge is 2.09. The highest BCUT2D eigenvalue weighted by molar-refractivity contribution is 7.99. The zero-order valence-corrected chi connectivity index (χ0v) is 21.3. The molecular formula is C26H23ClN6O3S. The van der Waals surface area contributed by atoms with Gasteiger partial charge in [-0.05, 0) is 49.4 Å². The molecule has 11 heteroatoms. The number of anilines is 2. The van der Waals surface area contributed by atoms with Crippen LogP contribution >= 0.6 is 23.4 Å². The third-order valence-corrected chi connectivity index (χ3v) is 6.22. The summed E-state index contributed by atoms with van der Waals surface area (Å²) < 4.78 is 5.93. The van der Waals surface area contributed by atoms with Crippen LogP contribution in [-0.4, -0.2) is 38.8 Å². The van der Waals surface area contributed by atoms with Crippen molar-refractivity contribution in [1.29, 1.82) is 0 Å². The quantitative estimate of drug-likeness (QED) is 0.102. The first-order valence-corrected chi connectivity index (χ1v) is 12.5. The molecule has 0 radical (unpaired) electrons. The number of amides is 1. The molecule has 1 amide bonds. The Bertz CT molecular complexity index is 1410. The number of nitrogens with one attached hydrogen (secondary N) is 3. The number of aromatic amines is 1. The number of ketones is 1. The molecule has 0 saturated heterocycles. The molecule has 0 aliphatic rings. The maximum absolute atomic E-state index is 12.2. The average Bonchev–Trinajstić information content (AvgIpc) is 3.36. The number of ether oxygens (including phenoxy) is 1. The maximum Gasteiger partial charge on any atom is 0.240 e. The molecular weight excluding hydrogens is 512 g/mol. The topological polar surface area (TPSA) is 121 Å². The Morgan fingerprint density at radius 1 is 1.08 bits per heavy atom. The Morgan fingerprint density at radius 3 is 2.62 bits per heavy atom. The summed E-state index contributed by atoms with van der Waals surface area (Å²) >= 11 is 7.38. The van der Waals surface area contributed by atoms with Crippen molar-refractivity contribution in [2.24, 2.45) is 5.10 Å². The molecule has 0 aliphatic carbocycles. The minimum Gasteiger partial charge on any atom is -0.488 e. The predicted octanol–water partition coefficient (Wildman–Crippen LogP) is 5.42. The van der Waals surface area contributed by atoms with Crippen LogP contribution in [-0.2, 0) is 11.4 Å². The van der Waals surface area contributed by atoms with Crippen molar-refractivity contribution in [1.82, 2.24) is 15.2 Å². The first-order valence-electron chi connectivity index (χ1n) is 11.2. The Labute approximate surface area is 222 Å². The van der Waals surface area contributed by atoms with E-state index in [1.165, 1.54) is 18.7 Å². The van der Waals surface area contributed by atoms with Gasteiger partial charge in [0.15, 0.2) is 5.78 Å². The molecule has 0 atom stereocenters. The number of carbonyl (C=O) groups excluding carboxylic acids is 2. The monoisotopic (exact) mass is 534 g/mol. The van der Waals surface area contributed by atoms with Crippen LogP contribution in [0.2, 0.25) is 5.02 Å². The van der Waals surface area contributed by atoms with Gasteiger partial charge in [-0.25, -0.2) is 10.5 Å². The molecule has 0 fully saturated rings. The SMILES string of the molecule is CC(=O)c1ccc(NC(=O)CSc2n[nH]c(N/N=C\c3ccccc3OCc3ccccc3Cl)n2)cc1. The Balaban J connectivity index is 1.26. The first-order chi connectivity index (χ1) is 18.0. The van der Waals surface area contributed by atoms with E-state index < -0.39 is 0 Å². The van der Waals surface area contributed by atoms with Gasteiger partial charge in [0.25, 0.3) is 0 Å². The number of carbonyl (C=O) groups is 2. The van der Waals surface area contributed by atoms with Crippen molar-refractivity contribution in [3.63, 3.8) is 0 Å². The van der Waals surface area contributed by atoms with Crippen molar-refractivity contribution < 1.29 is 14.3 Å². The smallest absolute Gasteiger partial charge is 0.240 e. The van der Waals surface area contributed by atoms with E-state index >= 15 is 0 Å². The van der Waals surface area contributed by atoms with Gasteiger partial charge in [0.05, 0.1) is 12.0 Å². The second-order valence-electron chi connectivity index (χ2n) is 7.72. The van der Waals surface area contributed by atoms with Crippen molar-refractivity contribution in [2.45, 2.75) is 18.7 Å². The molecule has 0 saturated carbocycles. The van der Waals surface area contributed by atoms with Crippen LogP contribution in [0.25, 0.3) is 0 Å². The second-order valence-corrected chi connectivity index (χ2v) is 9.07. The van der Waals surface area contributed by atoms with Crippen LogP contribution in [0.4, 0.5) is 11.6 Å². The predicted molar refractivity (Wildman–Crippen MR) is 146 cm³/mol. The Hall–Kier alpha value is -4.15. The minimum absolute atomic E-state index is 0.0299. The molecule has 4 aromatic rings. The molecule has 37 heavy (non-hydrogen) atoms. The first kappa shape index (κ1) is 25.9. The summed E-state index contributed by atoms with van der Waals surface area (Å²) in [7, 11) is 0. The van der Waals surface area contributed by atoms with Gasteiger partial charge in [0.2, 0.25) is 17.0 Å². The van der Waals surface area contributed by atoms with Crippen LogP contribution in [0.1, 0.15) is 28.4 Å². The van der Waals surface area contributed by atoms with Crippen molar-refractivity contribution >= 4 is 52.9 Å². The molecule has 0 aliphatic heterocycles. The molecule has 0 spiro atoms. The molecule has 0 bridgehead atoms. The highest BCUT2D eigenvalue weighted by Crippen LogP contribution is 2.21. The Kier molecular flexibility index (Phi) is 8.90. The van der Waals surface area contributed by atoms with Crippen molar-refractivity contribution in [3.8, 4) is 5.75 Å². The lowest BCUT2D eigenvalue weighted by atomic mass is 10.1. The highest BCUT2D eigenvalue weighted by atomic mass is 35.5. The van der Waals surface area contributed by atoms with Crippen molar-refractivity contribution in [2.75, 3.05) is 16.5 Å². The fraction of sp³-hybridized carbons (Fsp3) is 0.115. The fourth-order valence-electron chi connectivity index (χ4n) is 3.13. The molecule has 1 heterocycles. The van der Waals surface area contributed by atoms with E-state index in [-0.39, 0.29) is 17.4 Å². The number of aromatic nitrogens is 3. The molecule has 1 aromatic heterocycles. The van der Waals surface area contributed by atoms with Gasteiger partial charge in [-0.3, -0.25) is 9.59 Å². The summed E-state index contributed by atoms with van der Waals surface area (Å²) in [5.74, 6) is 0.853. The maximum atomic E-state index is 12.2. The molecule has 188 valence electrons. The minimum atomic E-state index is -0.216. The van der Waals surface area contributed by atoms with E-state index in [1.54, 1.807) is 30.5 Å². The van der Waals surface area contributed by atoms with Crippen LogP contribution in [0.5, 0.6) is 5.75 Å². The molecule has 3 aromatic carbocycles. The number of nitrogens with zero attached hydrogens (tertiary/aromatic N) is 3. The number of thioether (sulfide) groups is 1. The summed E-state index contributed by atoms with van der Waals surface area (Å²) in [5.41, 5.74) is 5.64. The van der Waals surface area contributed by atoms with Crippen LogP contribution in [0, 0.1) is 0 Å². The van der Waals surface area contributed by atoms with Gasteiger partial charge in [-0.2, -0.15) is 10.1 Å². The average molecular weight is 535 g/mol. The van der Waals surface area contributed by atoms with Gasteiger partial charge in [-0.1, -0.05) is 53.7 Å². The number of hydrazone groups is 1. The number of hydrogen-bond acceptors (Lipinski definition) is 8. The number of halogens is 1. The van der Waals surface area contributed by atoms with Gasteiger partial charge in [0.1, 0.15) is 12.4 Å². The van der Waals surface area contributed by atoms with E-state index in [1.807, 2.05) is 48.5 Å². The lowest BCUT2D eigenvalue weighted by Crippen LogP contribution is -2.14. The number of benzene rings is 3. The van der Waals surface area contributed by atoms with E-state index in [0.717, 1.165) is 11.1 Å². The number of para-hydroxylation sites is 1. The second kappa shape index (κ2) is 12.7. The summed E-state index contributed by atoms with van der Waals surface area (Å²) in [6.07, 6.45) is 1.61. The van der Waals surface area contributed by atoms with E-state index in [9.17, 15) is 9.59 Å². The summed E-state index contributed by atoms with van der Waals surface area (Å²) in [5, 5.41) is 14.8. The van der Waals surface area contributed by atoms with E-state index in [2.05, 4.69) is 31.0 Å². The Morgan fingerprint density at radius 2 is 1.84 bits per heavy atom. The number of rotatable bonds is 11. The molecule has 3 N–H and O–H groups in total. The molecule has 0 unspecified atom stereocenters. The number of H-pyrrole nitrogens is 1. The summed E-state index contributed by atoms with van der Waals surface area (Å²) in [4.78, 5) is 27.8. The normalized spacial score (nSPS) is 10.9. The lowest BCUT2D eigenvalue weighted by molar-refractivity contribution is -0.113. The zero-order valence-electron chi connectivity index (χ0n) is 19.8. The van der Waals surface area contributed by atoms with Crippen LogP contribution in [0.3, 0.4) is 0 Å². The van der Waals surface area contributed by atoms with Crippen LogP contribution < -0.4 is 15.5 Å². The summed E-state index contributed by atoms with van der Waals surface area (Å²) in [6.45, 7) is 1.82. The summed E-state index contributed by atoms with van der Waals surface area (Å²) in [6, 6.07) is 21.7. The lowest BCUT2D eigenvalue weighted by Gasteiger charge is -2.10. The van der Waals surface area contributed by atoms with Gasteiger partial charge < -0.3 is 10.1 Å². The van der Waals surface area contributed by atoms with Gasteiger partial charge in [0, 0.05) is 27.4 Å². The van der Waals surface area contributed by atoms with Gasteiger partial charge in [-0.15, -0.1) is 5.10 Å². The standard InChI is InChI=1S/C26H23ClN6O3S/c1-17(34)18-10-12-21(13-11-18)29-24(35)16-37-26-30-25(32-33-26)31-28-14-19-6-3-5-9-23(19)36-15-20-7-2-4-8-22(20)27/h2-14H,15-16H2,1H3,(H,29,35)(H2,30,31,32,33)/b28-14-. The van der Waals surface area contributed by atoms with E-state index in [0.29, 0.717) is 39.7 Å². The third kappa shape index (κ3) is 7.66. The van der Waals surface area contributed by atoms with Crippen LogP contribution in [0.15, 0.2) is 83.1 Å². The van der Waals surface area contributed by atoms with Crippen molar-refractivity contribution in [3.05, 3.63) is 94.5 Å². The third-order valence-electron chi connectivity index (χ3n) is 5.01.